The SMILES string of the molecule is NCCCCCCn1cc(-c2cccc(N3C=CCNC3)c2)nn1. The van der Waals surface area contributed by atoms with Crippen molar-refractivity contribution in [3.63, 3.8) is 0 Å². The summed E-state index contributed by atoms with van der Waals surface area (Å²) in [6, 6.07) is 8.43. The van der Waals surface area contributed by atoms with Crippen LogP contribution in [0, 0.1) is 0 Å². The van der Waals surface area contributed by atoms with Crippen LogP contribution >= 0.6 is 0 Å². The molecule has 1 aliphatic heterocycles. The summed E-state index contributed by atoms with van der Waals surface area (Å²) in [6.45, 7) is 3.45. The van der Waals surface area contributed by atoms with E-state index in [1.807, 2.05) is 10.9 Å². The molecule has 128 valence electrons. The summed E-state index contributed by atoms with van der Waals surface area (Å²) in [5.41, 5.74) is 8.70. The highest BCUT2D eigenvalue weighted by atomic mass is 15.4. The number of hydrogen-bond acceptors (Lipinski definition) is 5. The van der Waals surface area contributed by atoms with Crippen LogP contribution in [0.5, 0.6) is 0 Å². The molecule has 1 aromatic carbocycles. The number of rotatable bonds is 8. The first kappa shape index (κ1) is 16.7. The second-order valence-electron chi connectivity index (χ2n) is 6.09. The number of aromatic nitrogens is 3. The van der Waals surface area contributed by atoms with Crippen molar-refractivity contribution < 1.29 is 0 Å². The number of hydrogen-bond donors (Lipinski definition) is 2. The quantitative estimate of drug-likeness (QED) is 0.729. The van der Waals surface area contributed by atoms with Gasteiger partial charge in [0.1, 0.15) is 5.69 Å². The summed E-state index contributed by atoms with van der Waals surface area (Å²) >= 11 is 0. The fourth-order valence-electron chi connectivity index (χ4n) is 2.83. The molecule has 1 aromatic heterocycles. The highest BCUT2D eigenvalue weighted by Gasteiger charge is 2.09. The summed E-state index contributed by atoms with van der Waals surface area (Å²) in [5.74, 6) is 0. The Hall–Kier alpha value is -2.18. The molecule has 2 heterocycles. The Morgan fingerprint density at radius 1 is 1.17 bits per heavy atom. The van der Waals surface area contributed by atoms with Gasteiger partial charge in [0.15, 0.2) is 0 Å². The number of anilines is 1. The van der Waals surface area contributed by atoms with Gasteiger partial charge >= 0.3 is 0 Å². The number of nitrogens with one attached hydrogen (secondary N) is 1. The van der Waals surface area contributed by atoms with Crippen LogP contribution in [0.4, 0.5) is 5.69 Å². The van der Waals surface area contributed by atoms with Gasteiger partial charge in [-0.1, -0.05) is 36.3 Å². The number of nitrogens with zero attached hydrogens (tertiary/aromatic N) is 4. The van der Waals surface area contributed by atoms with E-state index in [0.717, 1.165) is 56.1 Å². The van der Waals surface area contributed by atoms with Crippen LogP contribution in [0.25, 0.3) is 11.3 Å². The number of unbranched alkanes of at least 4 members (excludes halogenated alkanes) is 3. The lowest BCUT2D eigenvalue weighted by Gasteiger charge is -2.24. The summed E-state index contributed by atoms with van der Waals surface area (Å²) in [4.78, 5) is 2.19. The molecular weight excluding hydrogens is 300 g/mol. The van der Waals surface area contributed by atoms with Crippen molar-refractivity contribution >= 4 is 5.69 Å². The molecule has 1 aliphatic rings. The van der Waals surface area contributed by atoms with Crippen molar-refractivity contribution in [2.24, 2.45) is 5.73 Å². The first-order valence-electron chi connectivity index (χ1n) is 8.71. The van der Waals surface area contributed by atoms with Crippen LogP contribution in [0.15, 0.2) is 42.7 Å². The molecule has 0 fully saturated rings. The van der Waals surface area contributed by atoms with Gasteiger partial charge in [0, 0.05) is 30.5 Å². The molecule has 24 heavy (non-hydrogen) atoms. The van der Waals surface area contributed by atoms with E-state index in [2.05, 4.69) is 57.1 Å². The fraction of sp³-hybridized carbons (Fsp3) is 0.444. The molecular formula is C18H26N6. The van der Waals surface area contributed by atoms with E-state index < -0.39 is 0 Å². The lowest BCUT2D eigenvalue weighted by molar-refractivity contribution is 0.524. The van der Waals surface area contributed by atoms with E-state index in [4.69, 9.17) is 5.73 Å². The molecule has 0 atom stereocenters. The third-order valence-electron chi connectivity index (χ3n) is 4.18. The van der Waals surface area contributed by atoms with Crippen molar-refractivity contribution in [2.75, 3.05) is 24.7 Å². The van der Waals surface area contributed by atoms with Gasteiger partial charge in [0.25, 0.3) is 0 Å². The van der Waals surface area contributed by atoms with Gasteiger partial charge in [-0.2, -0.15) is 0 Å². The monoisotopic (exact) mass is 326 g/mol. The molecule has 0 amide bonds. The molecule has 3 N–H and O–H groups in total. The molecule has 6 nitrogen and oxygen atoms in total. The maximum Gasteiger partial charge on any atom is 0.113 e. The fourth-order valence-corrected chi connectivity index (χ4v) is 2.83. The Morgan fingerprint density at radius 2 is 2.08 bits per heavy atom. The van der Waals surface area contributed by atoms with Crippen LogP contribution < -0.4 is 16.0 Å². The van der Waals surface area contributed by atoms with Crippen LogP contribution in [0.1, 0.15) is 25.7 Å². The Balaban J connectivity index is 1.62. The standard InChI is InChI=1S/C18H26N6/c19-9-3-1-2-4-12-24-14-18(21-22-24)16-7-5-8-17(13-16)23-11-6-10-20-15-23/h5-8,11,13-14,20H,1-4,9-10,12,15,19H2. The number of aryl methyl sites for hydroxylation is 1. The van der Waals surface area contributed by atoms with Gasteiger partial charge in [-0.3, -0.25) is 10.00 Å². The van der Waals surface area contributed by atoms with Gasteiger partial charge in [0.2, 0.25) is 0 Å². The van der Waals surface area contributed by atoms with Crippen molar-refractivity contribution in [1.82, 2.24) is 20.3 Å². The topological polar surface area (TPSA) is 72.0 Å². The molecule has 0 radical (unpaired) electrons. The van der Waals surface area contributed by atoms with E-state index in [-0.39, 0.29) is 0 Å². The van der Waals surface area contributed by atoms with Gasteiger partial charge in [0.05, 0.1) is 12.9 Å². The molecule has 0 unspecified atom stereocenters. The molecule has 0 aliphatic carbocycles. The maximum atomic E-state index is 5.52. The minimum atomic E-state index is 0.783. The number of nitrogens with two attached hydrogens (primary N) is 1. The zero-order valence-electron chi connectivity index (χ0n) is 14.1. The Bertz CT molecular complexity index is 663. The first-order chi connectivity index (χ1) is 11.9. The van der Waals surface area contributed by atoms with E-state index in [1.165, 1.54) is 12.8 Å². The van der Waals surface area contributed by atoms with Gasteiger partial charge in [-0.05, 0) is 31.5 Å². The highest BCUT2D eigenvalue weighted by Crippen LogP contribution is 2.23. The molecule has 6 heteroatoms. The third kappa shape index (κ3) is 4.43. The van der Waals surface area contributed by atoms with Gasteiger partial charge in [-0.25, -0.2) is 0 Å². The maximum absolute atomic E-state index is 5.52. The van der Waals surface area contributed by atoms with E-state index in [9.17, 15) is 0 Å². The van der Waals surface area contributed by atoms with Crippen LogP contribution in [0.3, 0.4) is 0 Å². The summed E-state index contributed by atoms with van der Waals surface area (Å²) < 4.78 is 1.94. The Kier molecular flexibility index (Phi) is 5.98. The predicted octanol–water partition coefficient (Wildman–Crippen LogP) is 2.34. The van der Waals surface area contributed by atoms with Gasteiger partial charge < -0.3 is 10.6 Å². The third-order valence-corrected chi connectivity index (χ3v) is 4.18. The van der Waals surface area contributed by atoms with Crippen molar-refractivity contribution in [1.29, 1.82) is 0 Å². The van der Waals surface area contributed by atoms with Crippen LogP contribution in [-0.4, -0.2) is 34.8 Å². The normalized spacial score (nSPS) is 14.3. The minimum absolute atomic E-state index is 0.783. The summed E-state index contributed by atoms with van der Waals surface area (Å²) in [5, 5.41) is 11.9. The van der Waals surface area contributed by atoms with Crippen LogP contribution in [-0.2, 0) is 6.54 Å². The van der Waals surface area contributed by atoms with Crippen molar-refractivity contribution in [2.45, 2.75) is 32.2 Å². The molecule has 0 spiro atoms. The first-order valence-corrected chi connectivity index (χ1v) is 8.71. The second-order valence-corrected chi connectivity index (χ2v) is 6.09. The molecule has 0 bridgehead atoms. The van der Waals surface area contributed by atoms with Crippen molar-refractivity contribution in [3.8, 4) is 11.3 Å². The van der Waals surface area contributed by atoms with Crippen LogP contribution in [0.2, 0.25) is 0 Å². The lowest BCUT2D eigenvalue weighted by Crippen LogP contribution is -2.34. The van der Waals surface area contributed by atoms with Crippen molar-refractivity contribution in [3.05, 3.63) is 42.7 Å². The summed E-state index contributed by atoms with van der Waals surface area (Å²) in [7, 11) is 0. The lowest BCUT2D eigenvalue weighted by atomic mass is 10.1. The average molecular weight is 326 g/mol. The van der Waals surface area contributed by atoms with E-state index in [0.29, 0.717) is 0 Å². The number of benzene rings is 1. The largest absolute Gasteiger partial charge is 0.335 e. The second kappa shape index (κ2) is 8.61. The van der Waals surface area contributed by atoms with Gasteiger partial charge in [-0.15, -0.1) is 5.10 Å². The summed E-state index contributed by atoms with van der Waals surface area (Å²) in [6.07, 6.45) is 10.9. The Morgan fingerprint density at radius 3 is 2.92 bits per heavy atom. The molecule has 2 aromatic rings. The predicted molar refractivity (Wildman–Crippen MR) is 97.5 cm³/mol. The zero-order chi connectivity index (χ0) is 16.6. The molecule has 0 saturated carbocycles. The minimum Gasteiger partial charge on any atom is -0.335 e. The average Bonchev–Trinajstić information content (AvgIpc) is 3.11. The van der Waals surface area contributed by atoms with E-state index >= 15 is 0 Å². The molecule has 0 saturated heterocycles. The zero-order valence-corrected chi connectivity index (χ0v) is 14.1. The highest BCUT2D eigenvalue weighted by molar-refractivity contribution is 5.65. The smallest absolute Gasteiger partial charge is 0.113 e. The Labute approximate surface area is 143 Å². The molecule has 3 rings (SSSR count). The van der Waals surface area contributed by atoms with E-state index in [1.54, 1.807) is 0 Å².